The topological polar surface area (TPSA) is 75.6 Å². The van der Waals surface area contributed by atoms with Crippen molar-refractivity contribution in [1.29, 1.82) is 0 Å². The van der Waals surface area contributed by atoms with Gasteiger partial charge < -0.3 is 9.84 Å². The van der Waals surface area contributed by atoms with Gasteiger partial charge in [-0.3, -0.25) is 0 Å². The first-order valence-electron chi connectivity index (χ1n) is 6.37. The molecule has 0 unspecified atom stereocenters. The van der Waals surface area contributed by atoms with E-state index in [1.54, 1.807) is 12.1 Å². The zero-order valence-corrected chi connectivity index (χ0v) is 12.2. The van der Waals surface area contributed by atoms with E-state index in [-0.39, 0.29) is 18.0 Å². The minimum atomic E-state index is -3.54. The number of aliphatic hydroxyl groups excluding tert-OH is 1. The molecule has 0 aliphatic carbocycles. The molecule has 0 fully saturated rings. The zero-order valence-electron chi connectivity index (χ0n) is 11.4. The van der Waals surface area contributed by atoms with E-state index in [1.807, 2.05) is 6.92 Å². The Kier molecular flexibility index (Phi) is 7.26. The summed E-state index contributed by atoms with van der Waals surface area (Å²) >= 11 is 0. The molecule has 0 saturated heterocycles. The van der Waals surface area contributed by atoms with Crippen molar-refractivity contribution in [3.63, 3.8) is 0 Å². The quantitative estimate of drug-likeness (QED) is 0.575. The van der Waals surface area contributed by atoms with E-state index < -0.39 is 10.0 Å². The minimum absolute atomic E-state index is 0.00995. The van der Waals surface area contributed by atoms with Gasteiger partial charge in [-0.25, -0.2) is 13.1 Å². The average Bonchev–Trinajstić information content (AvgIpc) is 2.44. The van der Waals surface area contributed by atoms with Gasteiger partial charge in [0.2, 0.25) is 10.0 Å². The van der Waals surface area contributed by atoms with E-state index in [9.17, 15) is 8.42 Å². The van der Waals surface area contributed by atoms with Gasteiger partial charge in [-0.05, 0) is 25.1 Å². The van der Waals surface area contributed by atoms with Crippen LogP contribution in [0.5, 0.6) is 0 Å². The predicted molar refractivity (Wildman–Crippen MR) is 76.7 cm³/mol. The first kappa shape index (κ1) is 16.7. The van der Waals surface area contributed by atoms with Crippen molar-refractivity contribution in [1.82, 2.24) is 4.72 Å². The lowest BCUT2D eigenvalue weighted by Gasteiger charge is -2.07. The Morgan fingerprint density at radius 3 is 2.90 bits per heavy atom. The van der Waals surface area contributed by atoms with Crippen molar-refractivity contribution in [3.05, 3.63) is 29.8 Å². The molecule has 5 nitrogen and oxygen atoms in total. The van der Waals surface area contributed by atoms with Gasteiger partial charge in [-0.2, -0.15) is 0 Å². The van der Waals surface area contributed by atoms with Gasteiger partial charge in [0.05, 0.1) is 18.1 Å². The third-order valence-electron chi connectivity index (χ3n) is 2.36. The lowest BCUT2D eigenvalue weighted by atomic mass is 10.2. The molecule has 1 rings (SSSR count). The van der Waals surface area contributed by atoms with Crippen LogP contribution in [0, 0.1) is 11.8 Å². The molecule has 0 atom stereocenters. The number of rotatable bonds is 7. The Morgan fingerprint density at radius 1 is 1.40 bits per heavy atom. The van der Waals surface area contributed by atoms with Crippen LogP contribution < -0.4 is 4.72 Å². The molecule has 0 spiro atoms. The lowest BCUT2D eigenvalue weighted by Crippen LogP contribution is -2.27. The second-order valence-electron chi connectivity index (χ2n) is 3.90. The number of hydrogen-bond donors (Lipinski definition) is 2. The SMILES string of the molecule is CCOCCNS(=O)(=O)c1cccc(C#CCCO)c1. The predicted octanol–water partition coefficient (Wildman–Crippen LogP) is 0.735. The van der Waals surface area contributed by atoms with E-state index in [1.165, 1.54) is 12.1 Å². The monoisotopic (exact) mass is 297 g/mol. The molecule has 0 radical (unpaired) electrons. The van der Waals surface area contributed by atoms with Crippen molar-refractivity contribution >= 4 is 10.0 Å². The van der Waals surface area contributed by atoms with E-state index in [4.69, 9.17) is 9.84 Å². The van der Waals surface area contributed by atoms with Crippen LogP contribution >= 0.6 is 0 Å². The number of nitrogens with one attached hydrogen (secondary N) is 1. The molecule has 0 saturated carbocycles. The van der Waals surface area contributed by atoms with Gasteiger partial charge in [0.1, 0.15) is 0 Å². The third kappa shape index (κ3) is 5.72. The first-order valence-corrected chi connectivity index (χ1v) is 7.85. The maximum atomic E-state index is 12.0. The average molecular weight is 297 g/mol. The molecule has 2 N–H and O–H groups in total. The molecule has 1 aromatic carbocycles. The molecule has 0 aliphatic heterocycles. The van der Waals surface area contributed by atoms with E-state index in [0.29, 0.717) is 25.2 Å². The maximum Gasteiger partial charge on any atom is 0.240 e. The third-order valence-corrected chi connectivity index (χ3v) is 3.82. The summed E-state index contributed by atoms with van der Waals surface area (Å²) in [6.07, 6.45) is 0.365. The molecule has 6 heteroatoms. The fourth-order valence-corrected chi connectivity index (χ4v) is 2.50. The zero-order chi connectivity index (χ0) is 14.8. The molecule has 0 aliphatic rings. The van der Waals surface area contributed by atoms with E-state index in [0.717, 1.165) is 0 Å². The Labute approximate surface area is 120 Å². The van der Waals surface area contributed by atoms with Crippen molar-refractivity contribution in [3.8, 4) is 11.8 Å². The summed E-state index contributed by atoms with van der Waals surface area (Å²) in [5, 5.41) is 8.65. The van der Waals surface area contributed by atoms with Crippen molar-refractivity contribution in [2.75, 3.05) is 26.4 Å². The van der Waals surface area contributed by atoms with Gasteiger partial charge in [0.15, 0.2) is 0 Å². The lowest BCUT2D eigenvalue weighted by molar-refractivity contribution is 0.153. The van der Waals surface area contributed by atoms with Crippen LogP contribution in [-0.4, -0.2) is 39.9 Å². The first-order chi connectivity index (χ1) is 9.60. The second-order valence-corrected chi connectivity index (χ2v) is 5.66. The molecule has 1 aromatic rings. The molecule has 20 heavy (non-hydrogen) atoms. The van der Waals surface area contributed by atoms with Crippen LogP contribution in [0.15, 0.2) is 29.2 Å². The Balaban J connectivity index is 2.75. The standard InChI is InChI=1S/C14H19NO4S/c1-2-19-11-9-15-20(17,18)14-8-5-7-13(12-14)6-3-4-10-16/h5,7-8,12,15-16H,2,4,9-11H2,1H3. The molecule has 0 amide bonds. The highest BCUT2D eigenvalue weighted by molar-refractivity contribution is 7.89. The Hall–Kier alpha value is -1.39. The summed E-state index contributed by atoms with van der Waals surface area (Å²) in [7, 11) is -3.54. The van der Waals surface area contributed by atoms with Gasteiger partial charge in [0.25, 0.3) is 0 Å². The second kappa shape index (κ2) is 8.72. The van der Waals surface area contributed by atoms with Crippen LogP contribution in [0.3, 0.4) is 0 Å². The minimum Gasteiger partial charge on any atom is -0.395 e. The molecular formula is C14H19NO4S. The summed E-state index contributed by atoms with van der Waals surface area (Å²) in [6.45, 7) is 2.97. The number of benzene rings is 1. The highest BCUT2D eigenvalue weighted by atomic mass is 32.2. The van der Waals surface area contributed by atoms with Gasteiger partial charge in [-0.15, -0.1) is 0 Å². The smallest absolute Gasteiger partial charge is 0.240 e. The number of ether oxygens (including phenoxy) is 1. The summed E-state index contributed by atoms with van der Waals surface area (Å²) in [6, 6.07) is 6.39. The molecule has 0 bridgehead atoms. The molecule has 110 valence electrons. The molecule has 0 heterocycles. The highest BCUT2D eigenvalue weighted by Gasteiger charge is 2.13. The largest absolute Gasteiger partial charge is 0.395 e. The highest BCUT2D eigenvalue weighted by Crippen LogP contribution is 2.10. The van der Waals surface area contributed by atoms with Gasteiger partial charge in [-0.1, -0.05) is 17.9 Å². The van der Waals surface area contributed by atoms with E-state index >= 15 is 0 Å². The number of hydrogen-bond acceptors (Lipinski definition) is 4. The summed E-state index contributed by atoms with van der Waals surface area (Å²) in [4.78, 5) is 0.171. The van der Waals surface area contributed by atoms with Crippen LogP contribution in [0.25, 0.3) is 0 Å². The summed E-state index contributed by atoms with van der Waals surface area (Å²) < 4.78 is 31.6. The fraction of sp³-hybridized carbons (Fsp3) is 0.429. The molecule has 0 aromatic heterocycles. The maximum absolute atomic E-state index is 12.0. The number of aliphatic hydroxyl groups is 1. The van der Waals surface area contributed by atoms with Gasteiger partial charge >= 0.3 is 0 Å². The normalized spacial score (nSPS) is 10.9. The summed E-state index contributed by atoms with van der Waals surface area (Å²) in [5.74, 6) is 5.56. The Morgan fingerprint density at radius 2 is 2.20 bits per heavy atom. The van der Waals surface area contributed by atoms with E-state index in [2.05, 4.69) is 16.6 Å². The fourth-order valence-electron chi connectivity index (χ4n) is 1.44. The van der Waals surface area contributed by atoms with Crippen LogP contribution in [0.2, 0.25) is 0 Å². The van der Waals surface area contributed by atoms with Crippen LogP contribution in [0.4, 0.5) is 0 Å². The van der Waals surface area contributed by atoms with Crippen LogP contribution in [0.1, 0.15) is 18.9 Å². The Bertz CT molecular complexity index is 572. The van der Waals surface area contributed by atoms with Gasteiger partial charge in [0, 0.05) is 25.1 Å². The van der Waals surface area contributed by atoms with Crippen LogP contribution in [-0.2, 0) is 14.8 Å². The van der Waals surface area contributed by atoms with Crippen molar-refractivity contribution < 1.29 is 18.3 Å². The van der Waals surface area contributed by atoms with Crippen molar-refractivity contribution in [2.45, 2.75) is 18.2 Å². The summed E-state index contributed by atoms with van der Waals surface area (Å²) in [5.41, 5.74) is 0.603. The van der Waals surface area contributed by atoms with Crippen molar-refractivity contribution in [2.24, 2.45) is 0 Å². The number of sulfonamides is 1. The molecular weight excluding hydrogens is 278 g/mol.